The molecule has 0 saturated carbocycles. The summed E-state index contributed by atoms with van der Waals surface area (Å²) >= 11 is 0. The number of hydrogen-bond acceptors (Lipinski definition) is 1. The fraction of sp³-hybridized carbons (Fsp3) is 0.0217. The van der Waals surface area contributed by atoms with Crippen molar-refractivity contribution in [2.75, 3.05) is 0 Å². The first-order chi connectivity index (χ1) is 35.2. The molecule has 29 heteroatoms. The predicted octanol–water partition coefficient (Wildman–Crippen LogP) is -18.0. The Balaban J connectivity index is 1.38. The summed E-state index contributed by atoms with van der Waals surface area (Å²) in [4.78, 5) is 5.12. The number of nitrogens with two attached hydrogens (primary N) is 1. The highest BCUT2D eigenvalue weighted by Gasteiger charge is 2.28. The van der Waals surface area contributed by atoms with Crippen molar-refractivity contribution < 1.29 is 0 Å². The number of hydrogen-bond donors (Lipinski definition) is 1. The minimum absolute atomic E-state index is 0.00439. The number of aliphatic imine (C=N–C) groups is 1. The Morgan fingerprint density at radius 2 is 0.587 bits per heavy atom. The van der Waals surface area contributed by atoms with Crippen molar-refractivity contribution in [3.8, 4) is 5.69 Å². The van der Waals surface area contributed by atoms with Crippen molar-refractivity contribution in [2.24, 2.45) is 10.7 Å². The summed E-state index contributed by atoms with van der Waals surface area (Å²) < 4.78 is 4.56. The lowest BCUT2D eigenvalue weighted by atomic mass is 9.63. The monoisotopic (exact) mass is 895 g/mol. The summed E-state index contributed by atoms with van der Waals surface area (Å²) in [6, 6.07) is 7.13. The molecule has 10 rings (SSSR count). The van der Waals surface area contributed by atoms with E-state index in [9.17, 15) is 0 Å². The van der Waals surface area contributed by atoms with Gasteiger partial charge in [-0.05, 0) is 56.4 Å². The maximum Gasteiger partial charge on any atom is 0.207 e. The van der Waals surface area contributed by atoms with Gasteiger partial charge in [-0.1, -0.05) is 83.8 Å². The Bertz CT molecular complexity index is 4160. The SMILES string of the molecule is [B]c1c([B])c([B])c2c(c1[B])c1c([B])c([B])c([B])c([B])c1n2C(N)=N/C(=C\Cc1ccccc1-n1c2c([B])c([B])c([B])c([B])c2c2c([B])c([B])c([B])c([B])c21)n1c2c([B])c([B])c([B])c([B])c2c2c([B])c([B])c([B])c([B])c21. The van der Waals surface area contributed by atoms with Crippen LogP contribution in [0.3, 0.4) is 0 Å². The van der Waals surface area contributed by atoms with E-state index < -0.39 is 0 Å². The van der Waals surface area contributed by atoms with Crippen molar-refractivity contribution in [3.63, 3.8) is 0 Å². The standard InChI is InChI=1S/C46H9B24N5/c47-16-10-11-17(48)23(54)29(60)35(66)41(11)73(40(10)34(65)28(59)22(16)53)8-4-2-1-3-7(8)5-6-9(74-42-12(18(49)24(55)30(61)36(42)67)13-19(50)25(56)31(62)37(68)43(13)74)72-46(71)75-44-14(20(51)26(57)32(63)38(44)69)15-21(52)27(58)33(64)39(70)45(15)75/h1-4,6H,5H2,(H2,71,72)/b9-6+. The number of allylic oxidation sites excluding steroid dienone is 1. The number of benzene rings is 7. The molecule has 0 aliphatic carbocycles. The largest absolute Gasteiger partial charge is 0.369 e. The highest BCUT2D eigenvalue weighted by Crippen LogP contribution is 2.32. The van der Waals surface area contributed by atoms with Gasteiger partial charge in [-0.2, -0.15) is 4.99 Å². The van der Waals surface area contributed by atoms with Crippen LogP contribution in [0.2, 0.25) is 0 Å². The summed E-state index contributed by atoms with van der Waals surface area (Å²) in [5.41, 5.74) is 8.30. The normalized spacial score (nSPS) is 12.5. The second-order valence-electron chi connectivity index (χ2n) is 18.1. The maximum atomic E-state index is 7.26. The molecule has 48 radical (unpaired) electrons. The molecule has 2 N–H and O–H groups in total. The Morgan fingerprint density at radius 3 is 0.907 bits per heavy atom. The van der Waals surface area contributed by atoms with Gasteiger partial charge in [0.25, 0.3) is 0 Å². The van der Waals surface area contributed by atoms with Crippen LogP contribution in [0.5, 0.6) is 0 Å². The summed E-state index contributed by atoms with van der Waals surface area (Å²) in [5, 5.41) is 1.34. The van der Waals surface area contributed by atoms with E-state index in [0.29, 0.717) is 22.0 Å². The minimum Gasteiger partial charge on any atom is -0.369 e. The van der Waals surface area contributed by atoms with Gasteiger partial charge in [0.05, 0.1) is 0 Å². The van der Waals surface area contributed by atoms with Crippen molar-refractivity contribution in [2.45, 2.75) is 6.42 Å². The van der Waals surface area contributed by atoms with Crippen LogP contribution >= 0.6 is 0 Å². The van der Waals surface area contributed by atoms with Gasteiger partial charge in [-0.15, -0.1) is 65.6 Å². The third kappa shape index (κ3) is 7.16. The van der Waals surface area contributed by atoms with Gasteiger partial charge in [0.15, 0.2) is 0 Å². The van der Waals surface area contributed by atoms with Crippen LogP contribution in [0.25, 0.3) is 76.9 Å². The smallest absolute Gasteiger partial charge is 0.207 e. The quantitative estimate of drug-likeness (QED) is 0.104. The number of aromatic nitrogens is 3. The molecular weight excluding hydrogens is 882 g/mol. The summed E-state index contributed by atoms with van der Waals surface area (Å²) in [6.45, 7) is 0. The van der Waals surface area contributed by atoms with Gasteiger partial charge in [0.2, 0.25) is 5.96 Å². The maximum absolute atomic E-state index is 7.26. The topological polar surface area (TPSA) is 53.2 Å². The average Bonchev–Trinajstić information content (AvgIpc) is 4.13. The molecule has 3 heterocycles. The van der Waals surface area contributed by atoms with Crippen molar-refractivity contribution in [3.05, 3.63) is 35.9 Å². The first-order valence-electron chi connectivity index (χ1n) is 22.3. The molecule has 0 bridgehead atoms. The molecule has 0 amide bonds. The zero-order valence-electron chi connectivity index (χ0n) is 39.8. The molecule has 7 aromatic carbocycles. The molecule has 0 aliphatic rings. The van der Waals surface area contributed by atoms with Crippen LogP contribution in [0.1, 0.15) is 5.56 Å². The highest BCUT2D eigenvalue weighted by molar-refractivity contribution is 6.75. The van der Waals surface area contributed by atoms with Gasteiger partial charge in [-0.3, -0.25) is 9.13 Å². The number of para-hydroxylation sites is 1. The van der Waals surface area contributed by atoms with Gasteiger partial charge >= 0.3 is 0 Å². The third-order valence-electron chi connectivity index (χ3n) is 14.3. The van der Waals surface area contributed by atoms with E-state index in [2.05, 4.69) is 0 Å². The van der Waals surface area contributed by atoms with Crippen LogP contribution in [0.4, 0.5) is 0 Å². The highest BCUT2D eigenvalue weighted by atomic mass is 15.2. The van der Waals surface area contributed by atoms with Crippen molar-refractivity contribution in [1.82, 2.24) is 13.7 Å². The van der Waals surface area contributed by atoms with Crippen LogP contribution in [-0.2, 0) is 6.42 Å². The Morgan fingerprint density at radius 1 is 0.333 bits per heavy atom. The van der Waals surface area contributed by atoms with Gasteiger partial charge in [-0.25, -0.2) is 0 Å². The molecule has 0 aliphatic heterocycles. The lowest BCUT2D eigenvalue weighted by Crippen LogP contribution is -2.49. The van der Waals surface area contributed by atoms with E-state index in [1.165, 1.54) is 9.13 Å². The lowest BCUT2D eigenvalue weighted by molar-refractivity contribution is 1.09. The van der Waals surface area contributed by atoms with Gasteiger partial charge < -0.3 is 10.3 Å². The van der Waals surface area contributed by atoms with E-state index in [1.807, 2.05) is 0 Å². The van der Waals surface area contributed by atoms with E-state index in [0.717, 1.165) is 0 Å². The van der Waals surface area contributed by atoms with Crippen LogP contribution in [0.15, 0.2) is 35.3 Å². The van der Waals surface area contributed by atoms with Crippen LogP contribution in [0, 0.1) is 0 Å². The fourth-order valence-corrected chi connectivity index (χ4v) is 10.3. The molecular formula is C46H9B24N5. The average molecular weight is 891 g/mol. The fourth-order valence-electron chi connectivity index (χ4n) is 10.3. The minimum atomic E-state index is -0.366. The predicted molar refractivity (Wildman–Crippen MR) is 344 cm³/mol. The molecule has 0 spiro atoms. The molecule has 0 atom stereocenters. The molecule has 5 nitrogen and oxygen atoms in total. The summed E-state index contributed by atoms with van der Waals surface area (Å²) in [6.07, 6.45) is 1.59. The Labute approximate surface area is 466 Å². The summed E-state index contributed by atoms with van der Waals surface area (Å²) in [5.74, 6) is -0.424. The molecule has 0 saturated heterocycles. The van der Waals surface area contributed by atoms with E-state index in [1.54, 1.807) is 34.9 Å². The van der Waals surface area contributed by atoms with Crippen LogP contribution in [-0.4, -0.2) is 208 Å². The number of nitrogens with zero attached hydrogens (tertiary/aromatic N) is 4. The Kier molecular flexibility index (Phi) is 13.1. The molecule has 75 heavy (non-hydrogen) atoms. The zero-order chi connectivity index (χ0) is 54.8. The summed E-state index contributed by atoms with van der Waals surface area (Å²) in [7, 11) is 160. The van der Waals surface area contributed by atoms with Gasteiger partial charge in [0, 0.05) is 38.8 Å². The van der Waals surface area contributed by atoms with Crippen molar-refractivity contribution in [1.29, 1.82) is 0 Å². The first kappa shape index (κ1) is 53.1. The Hall–Kier alpha value is -5.29. The van der Waals surface area contributed by atoms with E-state index in [4.69, 9.17) is 199 Å². The second-order valence-corrected chi connectivity index (χ2v) is 18.1. The molecule has 10 aromatic rings. The van der Waals surface area contributed by atoms with E-state index in [-0.39, 0.29) is 204 Å². The van der Waals surface area contributed by atoms with Crippen molar-refractivity contribution >= 4 is 397 Å². The first-order valence-corrected chi connectivity index (χ1v) is 22.3. The van der Waals surface area contributed by atoms with E-state index >= 15 is 0 Å². The van der Waals surface area contributed by atoms with Gasteiger partial charge in [0.1, 0.15) is 194 Å². The number of fused-ring (bicyclic) bond motifs is 9. The molecule has 3 aromatic heterocycles. The lowest BCUT2D eigenvalue weighted by Gasteiger charge is -2.20. The molecule has 290 valence electrons. The van der Waals surface area contributed by atoms with Crippen LogP contribution < -0.4 is 137 Å². The molecule has 0 unspecified atom stereocenters. The zero-order valence-corrected chi connectivity index (χ0v) is 39.8. The third-order valence-corrected chi connectivity index (χ3v) is 14.3. The number of rotatable bonds is 5. The second kappa shape index (κ2) is 18.4. The molecule has 0 fully saturated rings.